The van der Waals surface area contributed by atoms with Crippen molar-refractivity contribution in [3.8, 4) is 0 Å². The third kappa shape index (κ3) is 3.21. The molecular weight excluding hydrogens is 318 g/mol. The van der Waals surface area contributed by atoms with Gasteiger partial charge in [0, 0.05) is 15.2 Å². The van der Waals surface area contributed by atoms with Crippen LogP contribution in [0.3, 0.4) is 0 Å². The number of nitrogens with two attached hydrogens (primary N) is 1. The molecule has 0 amide bonds. The predicted molar refractivity (Wildman–Crippen MR) is 89.7 cm³/mol. The van der Waals surface area contributed by atoms with E-state index in [0.717, 1.165) is 10.9 Å². The van der Waals surface area contributed by atoms with Gasteiger partial charge in [-0.15, -0.1) is 11.3 Å². The minimum Gasteiger partial charge on any atom is -0.324 e. The van der Waals surface area contributed by atoms with E-state index in [9.17, 15) is 0 Å². The zero-order chi connectivity index (χ0) is 14.2. The van der Waals surface area contributed by atoms with E-state index >= 15 is 0 Å². The van der Waals surface area contributed by atoms with Crippen molar-refractivity contribution in [1.29, 1.82) is 0 Å². The van der Waals surface area contributed by atoms with Crippen LogP contribution in [0.15, 0.2) is 28.1 Å². The number of fused-ring (bicyclic) bond motifs is 1. The molecule has 0 radical (unpaired) electrons. The van der Waals surface area contributed by atoms with E-state index in [-0.39, 0.29) is 6.04 Å². The largest absolute Gasteiger partial charge is 0.324 e. The molecule has 19 heavy (non-hydrogen) atoms. The second-order valence-electron chi connectivity index (χ2n) is 6.42. The first-order valence-corrected chi connectivity index (χ1v) is 8.39. The van der Waals surface area contributed by atoms with E-state index in [2.05, 4.69) is 67.2 Å². The van der Waals surface area contributed by atoms with Crippen molar-refractivity contribution >= 4 is 37.4 Å². The molecule has 0 aliphatic heterocycles. The molecule has 0 bridgehead atoms. The molecule has 2 atom stereocenters. The van der Waals surface area contributed by atoms with Gasteiger partial charge in [-0.3, -0.25) is 0 Å². The van der Waals surface area contributed by atoms with E-state index < -0.39 is 0 Å². The second kappa shape index (κ2) is 5.55. The number of rotatable bonds is 3. The molecule has 1 aromatic heterocycles. The van der Waals surface area contributed by atoms with Crippen molar-refractivity contribution in [3.63, 3.8) is 0 Å². The maximum Gasteiger partial charge on any atom is 0.0488 e. The van der Waals surface area contributed by atoms with Gasteiger partial charge >= 0.3 is 0 Å². The van der Waals surface area contributed by atoms with Crippen LogP contribution in [0.25, 0.3) is 10.1 Å². The topological polar surface area (TPSA) is 26.0 Å². The first kappa shape index (κ1) is 15.0. The van der Waals surface area contributed by atoms with E-state index in [1.807, 2.05) is 0 Å². The van der Waals surface area contributed by atoms with E-state index in [4.69, 9.17) is 5.73 Å². The Hall–Kier alpha value is -0.380. The maximum atomic E-state index is 6.44. The van der Waals surface area contributed by atoms with Gasteiger partial charge in [0.2, 0.25) is 0 Å². The molecule has 2 N–H and O–H groups in total. The molecule has 1 heterocycles. The lowest BCUT2D eigenvalue weighted by molar-refractivity contribution is 0.234. The molecule has 0 spiro atoms. The van der Waals surface area contributed by atoms with Gasteiger partial charge in [-0.2, -0.15) is 0 Å². The van der Waals surface area contributed by atoms with Crippen LogP contribution >= 0.6 is 27.3 Å². The summed E-state index contributed by atoms with van der Waals surface area (Å²) < 4.78 is 2.47. The zero-order valence-corrected chi connectivity index (χ0v) is 14.4. The molecule has 0 fully saturated rings. The molecule has 2 aromatic rings. The first-order valence-electron chi connectivity index (χ1n) is 6.72. The van der Waals surface area contributed by atoms with Gasteiger partial charge in [-0.05, 0) is 56.1 Å². The SMILES string of the molecule is CC(CC(N)c1csc2c(Br)cccc12)C(C)(C)C. The number of halogens is 1. The maximum absolute atomic E-state index is 6.44. The highest BCUT2D eigenvalue weighted by molar-refractivity contribution is 9.10. The summed E-state index contributed by atoms with van der Waals surface area (Å²) >= 11 is 5.39. The highest BCUT2D eigenvalue weighted by atomic mass is 79.9. The Balaban J connectivity index is 2.27. The molecule has 3 heteroatoms. The number of hydrogen-bond acceptors (Lipinski definition) is 2. The third-order valence-electron chi connectivity index (χ3n) is 4.07. The molecule has 2 rings (SSSR count). The van der Waals surface area contributed by atoms with Gasteiger partial charge in [0.25, 0.3) is 0 Å². The fourth-order valence-electron chi connectivity index (χ4n) is 2.19. The summed E-state index contributed by atoms with van der Waals surface area (Å²) in [5.74, 6) is 0.601. The van der Waals surface area contributed by atoms with Crippen LogP contribution in [0, 0.1) is 11.3 Å². The lowest BCUT2D eigenvalue weighted by Crippen LogP contribution is -2.23. The highest BCUT2D eigenvalue weighted by Gasteiger charge is 2.24. The lowest BCUT2D eigenvalue weighted by atomic mass is 9.78. The lowest BCUT2D eigenvalue weighted by Gasteiger charge is -2.29. The predicted octanol–water partition coefficient (Wildman–Crippen LogP) is 5.74. The van der Waals surface area contributed by atoms with Crippen LogP contribution in [-0.4, -0.2) is 0 Å². The first-order chi connectivity index (χ1) is 8.80. The smallest absolute Gasteiger partial charge is 0.0488 e. The number of benzene rings is 1. The summed E-state index contributed by atoms with van der Waals surface area (Å²) in [5, 5.41) is 3.52. The third-order valence-corrected chi connectivity index (χ3v) is 6.04. The van der Waals surface area contributed by atoms with Crippen molar-refractivity contribution < 1.29 is 0 Å². The van der Waals surface area contributed by atoms with Gasteiger partial charge in [-0.25, -0.2) is 0 Å². The van der Waals surface area contributed by atoms with Gasteiger partial charge < -0.3 is 5.73 Å². The molecular formula is C16H22BrNS. The molecule has 1 nitrogen and oxygen atoms in total. The Bertz CT molecular complexity index is 568. The van der Waals surface area contributed by atoms with Gasteiger partial charge in [0.1, 0.15) is 0 Å². The summed E-state index contributed by atoms with van der Waals surface area (Å²) in [5.41, 5.74) is 8.04. The molecule has 104 valence electrons. The molecule has 0 saturated heterocycles. The van der Waals surface area contributed by atoms with Crippen LogP contribution in [0.5, 0.6) is 0 Å². The van der Waals surface area contributed by atoms with Crippen LogP contribution in [0.2, 0.25) is 0 Å². The Labute approximate surface area is 128 Å². The van der Waals surface area contributed by atoms with Crippen molar-refractivity contribution in [2.24, 2.45) is 17.1 Å². The summed E-state index contributed by atoms with van der Waals surface area (Å²) in [6, 6.07) is 6.47. The molecule has 0 saturated carbocycles. The van der Waals surface area contributed by atoms with E-state index in [1.54, 1.807) is 11.3 Å². The van der Waals surface area contributed by atoms with Crippen LogP contribution in [0.1, 0.15) is 45.7 Å². The minimum absolute atomic E-state index is 0.122. The standard InChI is InChI=1S/C16H22BrNS/c1-10(16(2,3)4)8-14(18)12-9-19-15-11(12)6-5-7-13(15)17/h5-7,9-10,14H,8,18H2,1-4H3. The average molecular weight is 340 g/mol. The summed E-state index contributed by atoms with van der Waals surface area (Å²) in [7, 11) is 0. The van der Waals surface area contributed by atoms with Crippen LogP contribution < -0.4 is 5.73 Å². The second-order valence-corrected chi connectivity index (χ2v) is 8.15. The molecule has 0 aliphatic rings. The minimum atomic E-state index is 0.122. The van der Waals surface area contributed by atoms with Crippen LogP contribution in [0.4, 0.5) is 0 Å². The average Bonchev–Trinajstić information content (AvgIpc) is 2.72. The Morgan fingerprint density at radius 2 is 2.00 bits per heavy atom. The molecule has 0 aliphatic carbocycles. The zero-order valence-electron chi connectivity index (χ0n) is 12.0. The quantitative estimate of drug-likeness (QED) is 0.758. The van der Waals surface area contributed by atoms with E-state index in [1.165, 1.54) is 15.6 Å². The molecule has 2 unspecified atom stereocenters. The van der Waals surface area contributed by atoms with Crippen LogP contribution in [-0.2, 0) is 0 Å². The normalized spacial score (nSPS) is 15.7. The van der Waals surface area contributed by atoms with Crippen molar-refractivity contribution in [2.75, 3.05) is 0 Å². The Morgan fingerprint density at radius 3 is 2.63 bits per heavy atom. The summed E-state index contributed by atoms with van der Waals surface area (Å²) in [6.07, 6.45) is 1.03. The van der Waals surface area contributed by atoms with Crippen molar-refractivity contribution in [3.05, 3.63) is 33.6 Å². The fraction of sp³-hybridized carbons (Fsp3) is 0.500. The van der Waals surface area contributed by atoms with Gasteiger partial charge in [0.15, 0.2) is 0 Å². The monoisotopic (exact) mass is 339 g/mol. The Morgan fingerprint density at radius 1 is 1.32 bits per heavy atom. The highest BCUT2D eigenvalue weighted by Crippen LogP contribution is 2.38. The van der Waals surface area contributed by atoms with E-state index in [0.29, 0.717) is 11.3 Å². The fourth-order valence-corrected chi connectivity index (χ4v) is 3.88. The number of hydrogen-bond donors (Lipinski definition) is 1. The van der Waals surface area contributed by atoms with Gasteiger partial charge in [0.05, 0.1) is 0 Å². The Kier molecular flexibility index (Phi) is 4.38. The van der Waals surface area contributed by atoms with Crippen molar-refractivity contribution in [2.45, 2.75) is 40.2 Å². The summed E-state index contributed by atoms with van der Waals surface area (Å²) in [4.78, 5) is 0. The number of thiophene rings is 1. The molecule has 1 aromatic carbocycles. The van der Waals surface area contributed by atoms with Gasteiger partial charge in [-0.1, -0.05) is 39.8 Å². The van der Waals surface area contributed by atoms with Crippen molar-refractivity contribution in [1.82, 2.24) is 0 Å². The summed E-state index contributed by atoms with van der Waals surface area (Å²) in [6.45, 7) is 9.15.